The van der Waals surface area contributed by atoms with E-state index in [0.29, 0.717) is 0 Å². The van der Waals surface area contributed by atoms with Gasteiger partial charge in [-0.15, -0.1) is 0 Å². The Labute approximate surface area is 113 Å². The second-order valence-electron chi connectivity index (χ2n) is 6.89. The Bertz CT molecular complexity index is 258. The molecule has 2 heterocycles. The van der Waals surface area contributed by atoms with Crippen LogP contribution in [-0.2, 0) is 0 Å². The van der Waals surface area contributed by atoms with Crippen LogP contribution >= 0.6 is 0 Å². The first-order chi connectivity index (χ1) is 8.85. The Morgan fingerprint density at radius 2 is 1.67 bits per heavy atom. The first-order valence-electron chi connectivity index (χ1n) is 8.31. The second kappa shape index (κ2) is 5.92. The van der Waals surface area contributed by atoms with E-state index in [4.69, 9.17) is 0 Å². The zero-order valence-corrected chi connectivity index (χ0v) is 12.1. The highest BCUT2D eigenvalue weighted by Crippen LogP contribution is 2.32. The van der Waals surface area contributed by atoms with E-state index >= 15 is 0 Å². The van der Waals surface area contributed by atoms with Gasteiger partial charge in [0.15, 0.2) is 0 Å². The fraction of sp³-hybridized carbons (Fsp3) is 1.00. The van der Waals surface area contributed by atoms with Gasteiger partial charge in [0.25, 0.3) is 0 Å². The van der Waals surface area contributed by atoms with E-state index in [9.17, 15) is 0 Å². The smallest absolute Gasteiger partial charge is 0.0224 e. The van der Waals surface area contributed by atoms with E-state index in [2.05, 4.69) is 16.7 Å². The monoisotopic (exact) mass is 250 g/mol. The number of rotatable bonds is 3. The van der Waals surface area contributed by atoms with Gasteiger partial charge in [-0.3, -0.25) is 4.90 Å². The van der Waals surface area contributed by atoms with Crippen molar-refractivity contribution in [1.29, 1.82) is 0 Å². The number of nitrogens with zero attached hydrogens (tertiary/aromatic N) is 2. The summed E-state index contributed by atoms with van der Waals surface area (Å²) in [6, 6.07) is 0.908. The number of fused-ring (bicyclic) bond motifs is 1. The molecule has 0 aromatic rings. The van der Waals surface area contributed by atoms with E-state index in [1.807, 2.05) is 0 Å². The van der Waals surface area contributed by atoms with Gasteiger partial charge in [0.1, 0.15) is 0 Å². The molecule has 0 N–H and O–H groups in total. The van der Waals surface area contributed by atoms with Crippen molar-refractivity contribution in [2.24, 2.45) is 11.8 Å². The predicted octanol–water partition coefficient (Wildman–Crippen LogP) is 2.98. The van der Waals surface area contributed by atoms with Gasteiger partial charge in [0.05, 0.1) is 0 Å². The molecule has 2 heteroatoms. The van der Waals surface area contributed by atoms with E-state index in [-0.39, 0.29) is 0 Å². The summed E-state index contributed by atoms with van der Waals surface area (Å²) in [5, 5.41) is 0. The highest BCUT2D eigenvalue weighted by Gasteiger charge is 2.31. The number of hydrogen-bond donors (Lipinski definition) is 0. The predicted molar refractivity (Wildman–Crippen MR) is 76.8 cm³/mol. The van der Waals surface area contributed by atoms with Crippen molar-refractivity contribution >= 4 is 0 Å². The average molecular weight is 250 g/mol. The van der Waals surface area contributed by atoms with Crippen LogP contribution in [0.2, 0.25) is 0 Å². The van der Waals surface area contributed by atoms with Crippen molar-refractivity contribution < 1.29 is 0 Å². The lowest BCUT2D eigenvalue weighted by molar-refractivity contribution is 0.0817. The third kappa shape index (κ3) is 2.91. The summed E-state index contributed by atoms with van der Waals surface area (Å²) in [7, 11) is 0. The standard InChI is InChI=1S/C16H30N2/c1-2-14-5-7-15(8-6-14)12-17-10-11-18-9-3-4-16(18)13-17/h14-16H,2-13H2,1H3. The van der Waals surface area contributed by atoms with E-state index < -0.39 is 0 Å². The van der Waals surface area contributed by atoms with Gasteiger partial charge in [-0.2, -0.15) is 0 Å². The molecule has 3 rings (SSSR count). The van der Waals surface area contributed by atoms with Crippen molar-refractivity contribution in [1.82, 2.24) is 9.80 Å². The van der Waals surface area contributed by atoms with Crippen LogP contribution in [0.3, 0.4) is 0 Å². The van der Waals surface area contributed by atoms with Crippen LogP contribution < -0.4 is 0 Å². The molecule has 1 unspecified atom stereocenters. The minimum atomic E-state index is 0.908. The molecule has 0 amide bonds. The molecule has 3 fully saturated rings. The Morgan fingerprint density at radius 3 is 2.44 bits per heavy atom. The third-order valence-corrected chi connectivity index (χ3v) is 5.73. The van der Waals surface area contributed by atoms with Gasteiger partial charge < -0.3 is 4.90 Å². The lowest BCUT2D eigenvalue weighted by Gasteiger charge is -2.40. The molecule has 0 aromatic carbocycles. The summed E-state index contributed by atoms with van der Waals surface area (Å²) in [6.45, 7) is 9.19. The van der Waals surface area contributed by atoms with Crippen molar-refractivity contribution in [3.05, 3.63) is 0 Å². The van der Waals surface area contributed by atoms with Crippen molar-refractivity contribution in [2.75, 3.05) is 32.7 Å². The normalized spacial score (nSPS) is 38.8. The molecule has 1 aliphatic carbocycles. The number of hydrogen-bond acceptors (Lipinski definition) is 2. The van der Waals surface area contributed by atoms with Gasteiger partial charge in [-0.1, -0.05) is 26.2 Å². The first-order valence-corrected chi connectivity index (χ1v) is 8.31. The van der Waals surface area contributed by atoms with Gasteiger partial charge in [-0.25, -0.2) is 0 Å². The average Bonchev–Trinajstić information content (AvgIpc) is 2.87. The summed E-state index contributed by atoms with van der Waals surface area (Å²) in [4.78, 5) is 5.51. The van der Waals surface area contributed by atoms with E-state index in [0.717, 1.165) is 17.9 Å². The minimum absolute atomic E-state index is 0.908. The minimum Gasteiger partial charge on any atom is -0.300 e. The van der Waals surface area contributed by atoms with E-state index in [1.54, 1.807) is 0 Å². The fourth-order valence-corrected chi connectivity index (χ4v) is 4.41. The maximum Gasteiger partial charge on any atom is 0.0224 e. The SMILES string of the molecule is CCC1CCC(CN2CCN3CCCC3C2)CC1. The van der Waals surface area contributed by atoms with Gasteiger partial charge in [-0.05, 0) is 44.1 Å². The molecule has 0 spiro atoms. The maximum absolute atomic E-state index is 2.78. The molecular formula is C16H30N2. The van der Waals surface area contributed by atoms with Crippen LogP contribution in [0.25, 0.3) is 0 Å². The maximum atomic E-state index is 2.78. The Hall–Kier alpha value is -0.0800. The van der Waals surface area contributed by atoms with Crippen molar-refractivity contribution in [3.8, 4) is 0 Å². The van der Waals surface area contributed by atoms with Gasteiger partial charge in [0, 0.05) is 32.2 Å². The Morgan fingerprint density at radius 1 is 0.889 bits per heavy atom. The summed E-state index contributed by atoms with van der Waals surface area (Å²) < 4.78 is 0. The van der Waals surface area contributed by atoms with Gasteiger partial charge in [0.2, 0.25) is 0 Å². The van der Waals surface area contributed by atoms with Crippen LogP contribution in [0.1, 0.15) is 51.9 Å². The quantitative estimate of drug-likeness (QED) is 0.760. The molecule has 2 saturated heterocycles. The highest BCUT2D eigenvalue weighted by molar-refractivity contribution is 4.88. The van der Waals surface area contributed by atoms with Gasteiger partial charge >= 0.3 is 0 Å². The summed E-state index contributed by atoms with van der Waals surface area (Å²) in [5.41, 5.74) is 0. The lowest BCUT2D eigenvalue weighted by atomic mass is 9.80. The van der Waals surface area contributed by atoms with E-state index in [1.165, 1.54) is 77.7 Å². The molecule has 104 valence electrons. The second-order valence-corrected chi connectivity index (χ2v) is 6.89. The van der Waals surface area contributed by atoms with Crippen LogP contribution in [0.4, 0.5) is 0 Å². The molecule has 0 bridgehead atoms. The summed E-state index contributed by atoms with van der Waals surface area (Å²) in [6.07, 6.45) is 10.3. The van der Waals surface area contributed by atoms with Crippen LogP contribution in [0, 0.1) is 11.8 Å². The molecule has 0 radical (unpaired) electrons. The fourth-order valence-electron chi connectivity index (χ4n) is 4.41. The molecule has 1 atom stereocenters. The number of piperazine rings is 1. The molecule has 3 aliphatic rings. The van der Waals surface area contributed by atoms with Crippen LogP contribution in [0.15, 0.2) is 0 Å². The Kier molecular flexibility index (Phi) is 4.25. The molecule has 1 saturated carbocycles. The molecule has 0 aromatic heterocycles. The summed E-state index contributed by atoms with van der Waals surface area (Å²) >= 11 is 0. The largest absolute Gasteiger partial charge is 0.300 e. The zero-order chi connectivity index (χ0) is 12.4. The molecule has 2 aliphatic heterocycles. The lowest BCUT2D eigenvalue weighted by Crippen LogP contribution is -2.51. The van der Waals surface area contributed by atoms with Crippen LogP contribution in [-0.4, -0.2) is 48.6 Å². The Balaban J connectivity index is 1.43. The topological polar surface area (TPSA) is 6.48 Å². The third-order valence-electron chi connectivity index (χ3n) is 5.73. The van der Waals surface area contributed by atoms with Crippen LogP contribution in [0.5, 0.6) is 0 Å². The summed E-state index contributed by atoms with van der Waals surface area (Å²) in [5.74, 6) is 2.06. The van der Waals surface area contributed by atoms with Crippen molar-refractivity contribution in [2.45, 2.75) is 57.9 Å². The van der Waals surface area contributed by atoms with Crippen molar-refractivity contribution in [3.63, 3.8) is 0 Å². The molecule has 2 nitrogen and oxygen atoms in total. The first kappa shape index (κ1) is 12.9. The highest BCUT2D eigenvalue weighted by atomic mass is 15.3. The molecule has 18 heavy (non-hydrogen) atoms. The molecular weight excluding hydrogens is 220 g/mol. The zero-order valence-electron chi connectivity index (χ0n) is 12.1.